The molecule has 0 spiro atoms. The third-order valence-corrected chi connectivity index (χ3v) is 5.95. The molecule has 150 valence electrons. The van der Waals surface area contributed by atoms with E-state index in [1.54, 1.807) is 18.5 Å². The molecule has 0 aliphatic heterocycles. The Morgan fingerprint density at radius 2 is 1.83 bits per heavy atom. The molecule has 2 aromatic heterocycles. The maximum atomic E-state index is 12.6. The summed E-state index contributed by atoms with van der Waals surface area (Å²) in [6.07, 6.45) is 8.73. The maximum absolute atomic E-state index is 12.6. The molecule has 1 unspecified atom stereocenters. The fourth-order valence-corrected chi connectivity index (χ4v) is 4.10. The molecular weight excluding hydrogens is 360 g/mol. The van der Waals surface area contributed by atoms with Gasteiger partial charge in [0, 0.05) is 23.7 Å². The lowest BCUT2D eigenvalue weighted by Crippen LogP contribution is -2.21. The van der Waals surface area contributed by atoms with Crippen molar-refractivity contribution in [1.82, 2.24) is 20.1 Å². The summed E-state index contributed by atoms with van der Waals surface area (Å²) >= 11 is 0. The summed E-state index contributed by atoms with van der Waals surface area (Å²) in [6, 6.07) is 14.8. The first-order valence-electron chi connectivity index (χ1n) is 10.4. The summed E-state index contributed by atoms with van der Waals surface area (Å²) in [7, 11) is 2.02. The van der Waals surface area contributed by atoms with Gasteiger partial charge in [0.25, 0.3) is 5.56 Å². The van der Waals surface area contributed by atoms with E-state index in [1.807, 2.05) is 19.2 Å². The van der Waals surface area contributed by atoms with E-state index in [-0.39, 0.29) is 5.56 Å². The van der Waals surface area contributed by atoms with Crippen LogP contribution in [0, 0.1) is 6.92 Å². The third-order valence-electron chi connectivity index (χ3n) is 5.95. The summed E-state index contributed by atoms with van der Waals surface area (Å²) in [6.45, 7) is 2.08. The number of pyridine rings is 1. The molecule has 4 rings (SSSR count). The molecule has 2 heterocycles. The molecule has 1 fully saturated rings. The van der Waals surface area contributed by atoms with Crippen LogP contribution in [0.15, 0.2) is 59.7 Å². The van der Waals surface area contributed by atoms with Crippen LogP contribution in [0.1, 0.15) is 47.6 Å². The van der Waals surface area contributed by atoms with E-state index in [4.69, 9.17) is 0 Å². The van der Waals surface area contributed by atoms with E-state index in [2.05, 4.69) is 46.6 Å². The van der Waals surface area contributed by atoms with Gasteiger partial charge >= 0.3 is 0 Å². The van der Waals surface area contributed by atoms with E-state index in [0.29, 0.717) is 17.6 Å². The number of aryl methyl sites for hydroxylation is 3. The number of hydrogen-bond acceptors (Lipinski definition) is 4. The summed E-state index contributed by atoms with van der Waals surface area (Å²) < 4.78 is 1.43. The Balaban J connectivity index is 1.43. The molecule has 29 heavy (non-hydrogen) atoms. The number of benzene rings is 1. The summed E-state index contributed by atoms with van der Waals surface area (Å²) in [5.41, 5.74) is 5.19. The SMILES string of the molecule is CN[C@H]1CCC(c2ccc(-n3ncc(CCc4ccc(C)cc4)cc3=O)cn2)C1. The van der Waals surface area contributed by atoms with Gasteiger partial charge in [-0.3, -0.25) is 9.78 Å². The maximum Gasteiger partial charge on any atom is 0.271 e. The van der Waals surface area contributed by atoms with Gasteiger partial charge in [-0.1, -0.05) is 29.8 Å². The van der Waals surface area contributed by atoms with E-state index < -0.39 is 0 Å². The average molecular weight is 389 g/mol. The Labute approximate surface area is 171 Å². The summed E-state index contributed by atoms with van der Waals surface area (Å²) in [5, 5.41) is 7.74. The van der Waals surface area contributed by atoms with Gasteiger partial charge in [-0.25, -0.2) is 0 Å². The monoisotopic (exact) mass is 388 g/mol. The molecule has 1 aliphatic carbocycles. The molecule has 1 saturated carbocycles. The minimum atomic E-state index is -0.114. The number of aromatic nitrogens is 3. The minimum absolute atomic E-state index is 0.114. The van der Waals surface area contributed by atoms with E-state index in [9.17, 15) is 4.79 Å². The first-order chi connectivity index (χ1) is 14.1. The van der Waals surface area contributed by atoms with Crippen LogP contribution in [-0.2, 0) is 12.8 Å². The molecular formula is C24H28N4O. The van der Waals surface area contributed by atoms with Crippen molar-refractivity contribution in [2.75, 3.05) is 7.05 Å². The highest BCUT2D eigenvalue weighted by Crippen LogP contribution is 2.33. The zero-order valence-electron chi connectivity index (χ0n) is 17.1. The zero-order valence-corrected chi connectivity index (χ0v) is 17.1. The van der Waals surface area contributed by atoms with Crippen molar-refractivity contribution in [2.45, 2.75) is 51.0 Å². The third kappa shape index (κ3) is 4.62. The highest BCUT2D eigenvalue weighted by Gasteiger charge is 2.25. The molecule has 1 aliphatic rings. The van der Waals surface area contributed by atoms with Crippen molar-refractivity contribution in [3.8, 4) is 5.69 Å². The smallest absolute Gasteiger partial charge is 0.271 e. The van der Waals surface area contributed by atoms with Crippen LogP contribution in [0.25, 0.3) is 5.69 Å². The molecule has 5 nitrogen and oxygen atoms in total. The zero-order chi connectivity index (χ0) is 20.2. The Kier molecular flexibility index (Phi) is 5.86. The Bertz CT molecular complexity index is 1010. The Hall–Kier alpha value is -2.79. The van der Waals surface area contributed by atoms with E-state index >= 15 is 0 Å². The highest BCUT2D eigenvalue weighted by molar-refractivity contribution is 5.30. The largest absolute Gasteiger partial charge is 0.317 e. The average Bonchev–Trinajstić information content (AvgIpc) is 3.23. The van der Waals surface area contributed by atoms with Crippen molar-refractivity contribution >= 4 is 0 Å². The number of hydrogen-bond donors (Lipinski definition) is 1. The van der Waals surface area contributed by atoms with Crippen LogP contribution < -0.4 is 10.9 Å². The predicted molar refractivity (Wildman–Crippen MR) is 116 cm³/mol. The van der Waals surface area contributed by atoms with Crippen LogP contribution in [-0.4, -0.2) is 27.9 Å². The van der Waals surface area contributed by atoms with Crippen molar-refractivity contribution in [1.29, 1.82) is 0 Å². The number of nitrogens with one attached hydrogen (secondary N) is 1. The van der Waals surface area contributed by atoms with Gasteiger partial charge < -0.3 is 5.32 Å². The summed E-state index contributed by atoms with van der Waals surface area (Å²) in [5.74, 6) is 0.496. The number of rotatable bonds is 6. The van der Waals surface area contributed by atoms with E-state index in [0.717, 1.165) is 36.9 Å². The van der Waals surface area contributed by atoms with Gasteiger partial charge in [-0.05, 0) is 69.3 Å². The van der Waals surface area contributed by atoms with Crippen molar-refractivity contribution < 1.29 is 0 Å². The normalized spacial score (nSPS) is 18.8. The van der Waals surface area contributed by atoms with Gasteiger partial charge in [-0.15, -0.1) is 0 Å². The molecule has 0 bridgehead atoms. The molecule has 0 amide bonds. The van der Waals surface area contributed by atoms with Crippen molar-refractivity contribution in [3.63, 3.8) is 0 Å². The van der Waals surface area contributed by atoms with Crippen LogP contribution in [0.4, 0.5) is 0 Å². The molecule has 1 aromatic carbocycles. The second kappa shape index (κ2) is 8.70. The second-order valence-electron chi connectivity index (χ2n) is 8.04. The van der Waals surface area contributed by atoms with Gasteiger partial charge in [-0.2, -0.15) is 9.78 Å². The molecule has 1 N–H and O–H groups in total. The molecule has 2 atom stereocenters. The molecule has 0 radical (unpaired) electrons. The van der Waals surface area contributed by atoms with Crippen LogP contribution in [0.2, 0.25) is 0 Å². The molecule has 5 heteroatoms. The minimum Gasteiger partial charge on any atom is -0.317 e. The first-order valence-corrected chi connectivity index (χ1v) is 10.4. The van der Waals surface area contributed by atoms with Gasteiger partial charge in [0.2, 0.25) is 0 Å². The van der Waals surface area contributed by atoms with Gasteiger partial charge in [0.05, 0.1) is 18.1 Å². The van der Waals surface area contributed by atoms with Crippen LogP contribution in [0.3, 0.4) is 0 Å². The van der Waals surface area contributed by atoms with Crippen LogP contribution in [0.5, 0.6) is 0 Å². The van der Waals surface area contributed by atoms with Crippen molar-refractivity contribution in [3.05, 3.63) is 87.6 Å². The fraction of sp³-hybridized carbons (Fsp3) is 0.375. The Morgan fingerprint density at radius 1 is 1.03 bits per heavy atom. The van der Waals surface area contributed by atoms with Crippen LogP contribution >= 0.6 is 0 Å². The standard InChI is InChI=1S/C24H28N4O/c1-17-3-5-18(6-4-17)7-8-19-13-24(29)28(27-15-19)22-11-12-23(26-16-22)20-9-10-21(14-20)25-2/h3-6,11-13,15-16,20-21,25H,7-10,14H2,1-2H3/t20?,21-/m0/s1. The lowest BCUT2D eigenvalue weighted by atomic mass is 10.0. The summed E-state index contributed by atoms with van der Waals surface area (Å²) in [4.78, 5) is 17.2. The molecule has 3 aromatic rings. The Morgan fingerprint density at radius 3 is 2.48 bits per heavy atom. The number of nitrogens with zero attached hydrogens (tertiary/aromatic N) is 3. The quantitative estimate of drug-likeness (QED) is 0.701. The van der Waals surface area contributed by atoms with Gasteiger partial charge in [0.15, 0.2) is 0 Å². The highest BCUT2D eigenvalue weighted by atomic mass is 16.1. The van der Waals surface area contributed by atoms with E-state index in [1.165, 1.54) is 22.2 Å². The van der Waals surface area contributed by atoms with Crippen molar-refractivity contribution in [2.24, 2.45) is 0 Å². The lowest BCUT2D eigenvalue weighted by molar-refractivity contribution is 0.569. The molecule has 0 saturated heterocycles. The van der Waals surface area contributed by atoms with Gasteiger partial charge in [0.1, 0.15) is 0 Å². The fourth-order valence-electron chi connectivity index (χ4n) is 4.10. The predicted octanol–water partition coefficient (Wildman–Crippen LogP) is 3.58. The second-order valence-corrected chi connectivity index (χ2v) is 8.04. The lowest BCUT2D eigenvalue weighted by Gasteiger charge is -2.11. The first kappa shape index (κ1) is 19.5. The topological polar surface area (TPSA) is 59.8 Å².